The SMILES string of the molecule is Cc1ccc(NC(=O)c2ccc(C)nc2)c(C(=O)O)c1. The Kier molecular flexibility index (Phi) is 3.79. The summed E-state index contributed by atoms with van der Waals surface area (Å²) in [6.45, 7) is 3.62. The summed E-state index contributed by atoms with van der Waals surface area (Å²) < 4.78 is 0. The van der Waals surface area contributed by atoms with Crippen molar-refractivity contribution in [3.63, 3.8) is 0 Å². The minimum absolute atomic E-state index is 0.0680. The first-order chi connectivity index (χ1) is 9.47. The van der Waals surface area contributed by atoms with Crippen LogP contribution in [0.1, 0.15) is 32.0 Å². The van der Waals surface area contributed by atoms with Crippen LogP contribution in [0.25, 0.3) is 0 Å². The van der Waals surface area contributed by atoms with Crippen molar-refractivity contribution >= 4 is 17.6 Å². The quantitative estimate of drug-likeness (QED) is 0.898. The normalized spacial score (nSPS) is 10.1. The van der Waals surface area contributed by atoms with Crippen LogP contribution in [0.5, 0.6) is 0 Å². The molecule has 2 aromatic rings. The van der Waals surface area contributed by atoms with Gasteiger partial charge in [-0.2, -0.15) is 0 Å². The fourth-order valence-electron chi connectivity index (χ4n) is 1.74. The van der Waals surface area contributed by atoms with Crippen LogP contribution in [0.4, 0.5) is 5.69 Å². The van der Waals surface area contributed by atoms with E-state index >= 15 is 0 Å². The Hall–Kier alpha value is -2.69. The Morgan fingerprint density at radius 1 is 1.15 bits per heavy atom. The second-order valence-electron chi connectivity index (χ2n) is 4.50. The number of carbonyl (C=O) groups is 2. The van der Waals surface area contributed by atoms with E-state index in [2.05, 4.69) is 10.3 Å². The summed E-state index contributed by atoms with van der Waals surface area (Å²) in [4.78, 5) is 27.3. The number of carboxylic acids is 1. The third kappa shape index (κ3) is 3.00. The van der Waals surface area contributed by atoms with Gasteiger partial charge in [0, 0.05) is 11.9 Å². The van der Waals surface area contributed by atoms with E-state index in [0.717, 1.165) is 11.3 Å². The van der Waals surface area contributed by atoms with Gasteiger partial charge in [0.05, 0.1) is 16.8 Å². The molecule has 2 rings (SSSR count). The van der Waals surface area contributed by atoms with Crippen molar-refractivity contribution in [3.05, 3.63) is 58.9 Å². The van der Waals surface area contributed by atoms with Crippen LogP contribution in [-0.2, 0) is 0 Å². The molecule has 0 aliphatic heterocycles. The number of aromatic carboxylic acids is 1. The van der Waals surface area contributed by atoms with Gasteiger partial charge >= 0.3 is 5.97 Å². The summed E-state index contributed by atoms with van der Waals surface area (Å²) in [5.41, 5.74) is 2.35. The lowest BCUT2D eigenvalue weighted by molar-refractivity contribution is 0.0698. The van der Waals surface area contributed by atoms with Crippen molar-refractivity contribution in [2.24, 2.45) is 0 Å². The molecule has 0 aliphatic carbocycles. The highest BCUT2D eigenvalue weighted by Gasteiger charge is 2.13. The number of amides is 1. The number of anilines is 1. The lowest BCUT2D eigenvalue weighted by Crippen LogP contribution is -2.15. The van der Waals surface area contributed by atoms with E-state index in [-0.39, 0.29) is 17.2 Å². The number of nitrogens with one attached hydrogen (secondary N) is 1. The predicted molar refractivity (Wildman–Crippen MR) is 75.1 cm³/mol. The lowest BCUT2D eigenvalue weighted by Gasteiger charge is -2.09. The van der Waals surface area contributed by atoms with Crippen molar-refractivity contribution in [2.75, 3.05) is 5.32 Å². The van der Waals surface area contributed by atoms with Crippen LogP contribution in [0.3, 0.4) is 0 Å². The van der Waals surface area contributed by atoms with Gasteiger partial charge in [-0.15, -0.1) is 0 Å². The molecule has 0 spiro atoms. The molecule has 5 heteroatoms. The second-order valence-corrected chi connectivity index (χ2v) is 4.50. The third-order valence-electron chi connectivity index (χ3n) is 2.83. The Balaban J connectivity index is 2.28. The lowest BCUT2D eigenvalue weighted by atomic mass is 10.1. The molecule has 1 aromatic heterocycles. The highest BCUT2D eigenvalue weighted by molar-refractivity contribution is 6.07. The number of aryl methyl sites for hydroxylation is 2. The molecule has 0 radical (unpaired) electrons. The molecule has 20 heavy (non-hydrogen) atoms. The van der Waals surface area contributed by atoms with Crippen LogP contribution < -0.4 is 5.32 Å². The van der Waals surface area contributed by atoms with E-state index in [1.165, 1.54) is 12.3 Å². The maximum Gasteiger partial charge on any atom is 0.337 e. The minimum Gasteiger partial charge on any atom is -0.478 e. The summed E-state index contributed by atoms with van der Waals surface area (Å²) in [6.07, 6.45) is 1.46. The molecule has 0 saturated carbocycles. The van der Waals surface area contributed by atoms with Crippen LogP contribution in [-0.4, -0.2) is 22.0 Å². The van der Waals surface area contributed by atoms with Crippen LogP contribution in [0.15, 0.2) is 36.5 Å². The summed E-state index contributed by atoms with van der Waals surface area (Å²) in [6, 6.07) is 8.22. The van der Waals surface area contributed by atoms with Gasteiger partial charge in [0.2, 0.25) is 0 Å². The van der Waals surface area contributed by atoms with Gasteiger partial charge in [-0.25, -0.2) is 4.79 Å². The highest BCUT2D eigenvalue weighted by atomic mass is 16.4. The molecule has 0 saturated heterocycles. The fourth-order valence-corrected chi connectivity index (χ4v) is 1.74. The van der Waals surface area contributed by atoms with E-state index in [4.69, 9.17) is 5.11 Å². The van der Waals surface area contributed by atoms with Gasteiger partial charge in [-0.3, -0.25) is 9.78 Å². The predicted octanol–water partition coefficient (Wildman–Crippen LogP) is 2.65. The third-order valence-corrected chi connectivity index (χ3v) is 2.83. The molecule has 102 valence electrons. The number of hydrogen-bond acceptors (Lipinski definition) is 3. The molecule has 1 amide bonds. The number of carboxylic acid groups (broad SMARTS) is 1. The number of rotatable bonds is 3. The van der Waals surface area contributed by atoms with Gasteiger partial charge in [0.15, 0.2) is 0 Å². The van der Waals surface area contributed by atoms with E-state index in [1.807, 2.05) is 6.92 Å². The molecule has 0 atom stereocenters. The minimum atomic E-state index is -1.08. The fraction of sp³-hybridized carbons (Fsp3) is 0.133. The second kappa shape index (κ2) is 5.52. The molecule has 5 nitrogen and oxygen atoms in total. The zero-order valence-electron chi connectivity index (χ0n) is 11.2. The number of pyridine rings is 1. The van der Waals surface area contributed by atoms with Gasteiger partial charge in [0.1, 0.15) is 0 Å². The first-order valence-corrected chi connectivity index (χ1v) is 6.05. The molecule has 0 bridgehead atoms. The number of aromatic nitrogens is 1. The maximum atomic E-state index is 12.0. The van der Waals surface area contributed by atoms with Crippen LogP contribution in [0.2, 0.25) is 0 Å². The summed E-state index contributed by atoms with van der Waals surface area (Å²) in [7, 11) is 0. The Morgan fingerprint density at radius 3 is 2.50 bits per heavy atom. The van der Waals surface area contributed by atoms with Crippen LogP contribution >= 0.6 is 0 Å². The van der Waals surface area contributed by atoms with Crippen molar-refractivity contribution in [3.8, 4) is 0 Å². The molecule has 0 fully saturated rings. The summed E-state index contributed by atoms with van der Waals surface area (Å²) in [5, 5.41) is 11.7. The molecular weight excluding hydrogens is 256 g/mol. The first-order valence-electron chi connectivity index (χ1n) is 6.05. The number of carbonyl (C=O) groups excluding carboxylic acids is 1. The average molecular weight is 270 g/mol. The van der Waals surface area contributed by atoms with Crippen molar-refractivity contribution in [1.29, 1.82) is 0 Å². The van der Waals surface area contributed by atoms with Crippen molar-refractivity contribution in [2.45, 2.75) is 13.8 Å². The zero-order chi connectivity index (χ0) is 14.7. The summed E-state index contributed by atoms with van der Waals surface area (Å²) in [5.74, 6) is -1.46. The Bertz CT molecular complexity index is 663. The average Bonchev–Trinajstić information content (AvgIpc) is 2.41. The molecule has 2 N–H and O–H groups in total. The van der Waals surface area contributed by atoms with E-state index in [1.54, 1.807) is 31.2 Å². The standard InChI is InChI=1S/C15H14N2O3/c1-9-3-6-13(12(7-9)15(19)20)17-14(18)11-5-4-10(2)16-8-11/h3-8H,1-2H3,(H,17,18)(H,19,20). The van der Waals surface area contributed by atoms with Crippen LogP contribution in [0, 0.1) is 13.8 Å². The van der Waals surface area contributed by atoms with Gasteiger partial charge in [0.25, 0.3) is 5.91 Å². The van der Waals surface area contributed by atoms with Gasteiger partial charge in [-0.1, -0.05) is 11.6 Å². The van der Waals surface area contributed by atoms with Gasteiger partial charge < -0.3 is 10.4 Å². The topological polar surface area (TPSA) is 79.3 Å². The Morgan fingerprint density at radius 2 is 1.90 bits per heavy atom. The Labute approximate surface area is 116 Å². The number of hydrogen-bond donors (Lipinski definition) is 2. The monoisotopic (exact) mass is 270 g/mol. The molecule has 1 heterocycles. The highest BCUT2D eigenvalue weighted by Crippen LogP contribution is 2.18. The van der Waals surface area contributed by atoms with Gasteiger partial charge in [-0.05, 0) is 38.1 Å². The number of benzene rings is 1. The molecule has 0 aliphatic rings. The molecule has 1 aromatic carbocycles. The molecule has 0 unspecified atom stereocenters. The van der Waals surface area contributed by atoms with E-state index < -0.39 is 5.97 Å². The smallest absolute Gasteiger partial charge is 0.337 e. The van der Waals surface area contributed by atoms with E-state index in [9.17, 15) is 9.59 Å². The maximum absolute atomic E-state index is 12.0. The summed E-state index contributed by atoms with van der Waals surface area (Å²) >= 11 is 0. The van der Waals surface area contributed by atoms with E-state index in [0.29, 0.717) is 5.56 Å². The molecular formula is C15H14N2O3. The largest absolute Gasteiger partial charge is 0.478 e. The number of nitrogens with zero attached hydrogens (tertiary/aromatic N) is 1. The van der Waals surface area contributed by atoms with Crippen molar-refractivity contribution in [1.82, 2.24) is 4.98 Å². The van der Waals surface area contributed by atoms with Crippen molar-refractivity contribution < 1.29 is 14.7 Å². The first kappa shape index (κ1) is 13.7. The zero-order valence-corrected chi connectivity index (χ0v) is 11.2.